The van der Waals surface area contributed by atoms with Gasteiger partial charge in [-0.25, -0.2) is 0 Å². The summed E-state index contributed by atoms with van der Waals surface area (Å²) in [7, 11) is 3.16. The Balaban J connectivity index is 1.51. The number of carbonyl (C=O) groups excluding carboxylic acids is 1. The van der Waals surface area contributed by atoms with Gasteiger partial charge in [0.05, 0.1) is 47.8 Å². The fourth-order valence-corrected chi connectivity index (χ4v) is 5.27. The Labute approximate surface area is 218 Å². The summed E-state index contributed by atoms with van der Waals surface area (Å²) in [5, 5.41) is 8.03. The molecule has 0 radical (unpaired) electrons. The zero-order valence-electron chi connectivity index (χ0n) is 20.3. The van der Waals surface area contributed by atoms with Crippen LogP contribution in [0.15, 0.2) is 12.1 Å². The standard InChI is InChI=1S/C24H27Cl2N7O3/c1-12-18-10-32(5-4-6-33(18)31-21(12)23(34)28-2)22-15-11-36-19(9-17(15)29-24(30-22)35-3)14-7-13(27)8-16(25)20(14)26/h7-8,19H,4-6,9-11,27H2,1-3H3,(H,28,34). The van der Waals surface area contributed by atoms with E-state index in [-0.39, 0.29) is 18.0 Å². The quantitative estimate of drug-likeness (QED) is 0.491. The first-order valence-electron chi connectivity index (χ1n) is 11.6. The lowest BCUT2D eigenvalue weighted by molar-refractivity contribution is 0.0258. The van der Waals surface area contributed by atoms with Gasteiger partial charge >= 0.3 is 6.01 Å². The van der Waals surface area contributed by atoms with Gasteiger partial charge in [-0.2, -0.15) is 15.1 Å². The maximum absolute atomic E-state index is 12.3. The molecule has 190 valence electrons. The van der Waals surface area contributed by atoms with Crippen LogP contribution in [0.25, 0.3) is 0 Å². The minimum absolute atomic E-state index is 0.194. The third-order valence-electron chi connectivity index (χ3n) is 6.67. The molecule has 0 spiro atoms. The number of ether oxygens (including phenoxy) is 2. The second-order valence-corrected chi connectivity index (χ2v) is 9.65. The second-order valence-electron chi connectivity index (χ2n) is 8.87. The summed E-state index contributed by atoms with van der Waals surface area (Å²) in [4.78, 5) is 23.8. The minimum atomic E-state index is -0.360. The largest absolute Gasteiger partial charge is 0.467 e. The van der Waals surface area contributed by atoms with Crippen LogP contribution in [-0.4, -0.2) is 46.4 Å². The summed E-state index contributed by atoms with van der Waals surface area (Å²) in [5.41, 5.74) is 11.3. The Morgan fingerprint density at radius 3 is 2.83 bits per heavy atom. The number of fused-ring (bicyclic) bond motifs is 2. The maximum atomic E-state index is 12.3. The summed E-state index contributed by atoms with van der Waals surface area (Å²) < 4.78 is 13.6. The average molecular weight is 532 g/mol. The molecule has 3 N–H and O–H groups in total. The Morgan fingerprint density at radius 2 is 2.08 bits per heavy atom. The molecule has 10 nitrogen and oxygen atoms in total. The summed E-state index contributed by atoms with van der Waals surface area (Å²) in [6, 6.07) is 3.68. The molecule has 2 aliphatic heterocycles. The van der Waals surface area contributed by atoms with Gasteiger partial charge in [-0.15, -0.1) is 0 Å². The number of halogens is 2. The van der Waals surface area contributed by atoms with Gasteiger partial charge in [0.2, 0.25) is 0 Å². The topological polar surface area (TPSA) is 120 Å². The molecule has 4 heterocycles. The molecular formula is C24H27Cl2N7O3. The molecule has 1 unspecified atom stereocenters. The van der Waals surface area contributed by atoms with Crippen molar-refractivity contribution >= 4 is 40.6 Å². The number of aromatic nitrogens is 4. The van der Waals surface area contributed by atoms with E-state index in [0.29, 0.717) is 47.5 Å². The SMILES string of the molecule is CNC(=O)c1nn2c(c1C)CN(c1nc(OC)nc3c1COC(c1cc(N)cc(Cl)c1Cl)C3)CCC2. The van der Waals surface area contributed by atoms with E-state index in [4.69, 9.17) is 43.4 Å². The van der Waals surface area contributed by atoms with Crippen LogP contribution < -0.4 is 20.7 Å². The number of anilines is 2. The number of nitrogen functional groups attached to an aromatic ring is 1. The van der Waals surface area contributed by atoms with E-state index in [9.17, 15) is 4.79 Å². The zero-order valence-corrected chi connectivity index (χ0v) is 21.8. The molecule has 0 bridgehead atoms. The van der Waals surface area contributed by atoms with Crippen LogP contribution in [0.1, 0.15) is 51.1 Å². The normalized spacial score (nSPS) is 17.2. The van der Waals surface area contributed by atoms with Crippen LogP contribution in [0.2, 0.25) is 10.0 Å². The van der Waals surface area contributed by atoms with Crippen LogP contribution in [0.3, 0.4) is 0 Å². The van der Waals surface area contributed by atoms with Gasteiger partial charge in [0.1, 0.15) is 5.82 Å². The Bertz CT molecular complexity index is 1340. The number of methoxy groups -OCH3 is 1. The number of hydrogen-bond donors (Lipinski definition) is 2. The molecule has 1 atom stereocenters. The number of amides is 1. The van der Waals surface area contributed by atoms with Gasteiger partial charge in [-0.05, 0) is 25.5 Å². The van der Waals surface area contributed by atoms with Crippen molar-refractivity contribution in [3.8, 4) is 6.01 Å². The molecule has 36 heavy (non-hydrogen) atoms. The number of aryl methyl sites for hydroxylation is 1. The second kappa shape index (κ2) is 9.76. The van der Waals surface area contributed by atoms with E-state index in [0.717, 1.165) is 46.9 Å². The Morgan fingerprint density at radius 1 is 1.28 bits per heavy atom. The van der Waals surface area contributed by atoms with Crippen LogP contribution in [0.5, 0.6) is 6.01 Å². The molecule has 1 aromatic carbocycles. The molecule has 0 aliphatic carbocycles. The van der Waals surface area contributed by atoms with E-state index in [1.54, 1.807) is 26.3 Å². The van der Waals surface area contributed by atoms with Gasteiger partial charge in [0.25, 0.3) is 5.91 Å². The molecular weight excluding hydrogens is 505 g/mol. The summed E-state index contributed by atoms with van der Waals surface area (Å²) in [5.74, 6) is 0.558. The van der Waals surface area contributed by atoms with Crippen molar-refractivity contribution in [2.45, 2.75) is 45.6 Å². The van der Waals surface area contributed by atoms with E-state index >= 15 is 0 Å². The number of nitrogens with two attached hydrogens (primary N) is 1. The van der Waals surface area contributed by atoms with Crippen molar-refractivity contribution in [3.63, 3.8) is 0 Å². The highest BCUT2D eigenvalue weighted by Gasteiger charge is 2.31. The van der Waals surface area contributed by atoms with Crippen LogP contribution in [0, 0.1) is 6.92 Å². The number of nitrogens with zero attached hydrogens (tertiary/aromatic N) is 5. The highest BCUT2D eigenvalue weighted by molar-refractivity contribution is 6.42. The number of carbonyl (C=O) groups is 1. The fourth-order valence-electron chi connectivity index (χ4n) is 4.81. The predicted molar refractivity (Wildman–Crippen MR) is 137 cm³/mol. The molecule has 0 saturated carbocycles. The van der Waals surface area contributed by atoms with Crippen LogP contribution >= 0.6 is 23.2 Å². The first-order chi connectivity index (χ1) is 17.3. The highest BCUT2D eigenvalue weighted by Crippen LogP contribution is 2.40. The lowest BCUT2D eigenvalue weighted by atomic mass is 9.98. The lowest BCUT2D eigenvalue weighted by Crippen LogP contribution is -2.29. The number of benzene rings is 1. The van der Waals surface area contributed by atoms with Crippen molar-refractivity contribution < 1.29 is 14.3 Å². The van der Waals surface area contributed by atoms with Crippen molar-refractivity contribution in [2.24, 2.45) is 0 Å². The van der Waals surface area contributed by atoms with Gasteiger partial charge in [0.15, 0.2) is 5.69 Å². The molecule has 12 heteroatoms. The molecule has 2 aliphatic rings. The van der Waals surface area contributed by atoms with Crippen molar-refractivity contribution in [1.29, 1.82) is 0 Å². The number of rotatable bonds is 4. The third kappa shape index (κ3) is 4.33. The zero-order chi connectivity index (χ0) is 25.6. The average Bonchev–Trinajstić information content (AvgIpc) is 3.04. The molecule has 1 amide bonds. The van der Waals surface area contributed by atoms with E-state index in [2.05, 4.69) is 20.3 Å². The van der Waals surface area contributed by atoms with E-state index in [1.165, 1.54) is 0 Å². The first kappa shape index (κ1) is 24.6. The third-order valence-corrected chi connectivity index (χ3v) is 7.48. The summed E-state index contributed by atoms with van der Waals surface area (Å²) in [6.07, 6.45) is 0.941. The number of hydrogen-bond acceptors (Lipinski definition) is 8. The van der Waals surface area contributed by atoms with Crippen molar-refractivity contribution in [1.82, 2.24) is 25.1 Å². The molecule has 3 aromatic rings. The monoisotopic (exact) mass is 531 g/mol. The molecule has 5 rings (SSSR count). The fraction of sp³-hybridized carbons (Fsp3) is 0.417. The van der Waals surface area contributed by atoms with Crippen LogP contribution in [0.4, 0.5) is 11.5 Å². The smallest absolute Gasteiger partial charge is 0.318 e. The van der Waals surface area contributed by atoms with Crippen molar-refractivity contribution in [3.05, 3.63) is 56.0 Å². The first-order valence-corrected chi connectivity index (χ1v) is 12.4. The maximum Gasteiger partial charge on any atom is 0.318 e. The van der Waals surface area contributed by atoms with E-state index in [1.807, 2.05) is 11.6 Å². The van der Waals surface area contributed by atoms with Crippen molar-refractivity contribution in [2.75, 3.05) is 31.3 Å². The highest BCUT2D eigenvalue weighted by atomic mass is 35.5. The van der Waals surface area contributed by atoms with Gasteiger partial charge in [-0.1, -0.05) is 23.2 Å². The number of nitrogens with one attached hydrogen (secondary N) is 1. The Kier molecular flexibility index (Phi) is 6.67. The van der Waals surface area contributed by atoms with Gasteiger partial charge in [0, 0.05) is 48.9 Å². The molecule has 0 saturated heterocycles. The Hall–Kier alpha value is -3.08. The van der Waals surface area contributed by atoms with Gasteiger partial charge in [-0.3, -0.25) is 9.48 Å². The van der Waals surface area contributed by atoms with E-state index < -0.39 is 0 Å². The van der Waals surface area contributed by atoms with Crippen LogP contribution in [-0.2, 0) is 30.9 Å². The van der Waals surface area contributed by atoms with Gasteiger partial charge < -0.3 is 25.4 Å². The lowest BCUT2D eigenvalue weighted by Gasteiger charge is -2.31. The molecule has 0 fully saturated rings. The summed E-state index contributed by atoms with van der Waals surface area (Å²) in [6.45, 7) is 4.23. The predicted octanol–water partition coefficient (Wildman–Crippen LogP) is 3.46. The molecule has 2 aromatic heterocycles. The summed E-state index contributed by atoms with van der Waals surface area (Å²) >= 11 is 12.7. The minimum Gasteiger partial charge on any atom is -0.467 e.